The molecule has 0 saturated heterocycles. The van der Waals surface area contributed by atoms with Crippen molar-refractivity contribution in [1.82, 2.24) is 5.32 Å². The molecule has 0 aliphatic heterocycles. The van der Waals surface area contributed by atoms with Crippen LogP contribution in [0.5, 0.6) is 0 Å². The van der Waals surface area contributed by atoms with Gasteiger partial charge in [-0.15, -0.1) is 0 Å². The fraction of sp³-hybridized carbons (Fsp3) is 0.545. The number of hydrogen-bond donors (Lipinski definition) is 2. The second kappa shape index (κ2) is 6.06. The Labute approximate surface area is 120 Å². The molecule has 0 saturated carbocycles. The third-order valence-electron chi connectivity index (χ3n) is 2.39. The van der Waals surface area contributed by atoms with E-state index in [1.54, 1.807) is 0 Å². The number of furan rings is 1. The normalized spacial score (nSPS) is 13.6. The van der Waals surface area contributed by atoms with Crippen LogP contribution in [-0.2, 0) is 10.0 Å². The van der Waals surface area contributed by atoms with Gasteiger partial charge in [0.15, 0.2) is 10.4 Å². The van der Waals surface area contributed by atoms with Crippen molar-refractivity contribution >= 4 is 31.9 Å². The Bertz CT molecular complexity index is 565. The SMILES string of the molecule is CC(C)CC(C)NC(=O)c1cc(S(N)(=O)=O)c(Br)o1. The van der Waals surface area contributed by atoms with Crippen LogP contribution in [0.4, 0.5) is 0 Å². The van der Waals surface area contributed by atoms with Crippen molar-refractivity contribution in [2.45, 2.75) is 38.1 Å². The summed E-state index contributed by atoms with van der Waals surface area (Å²) in [4.78, 5) is 11.6. The van der Waals surface area contributed by atoms with Crippen LogP contribution >= 0.6 is 15.9 Å². The zero-order valence-corrected chi connectivity index (χ0v) is 13.3. The third kappa shape index (κ3) is 4.63. The van der Waals surface area contributed by atoms with Crippen LogP contribution in [0.1, 0.15) is 37.7 Å². The molecule has 1 atom stereocenters. The first-order valence-corrected chi connectivity index (χ1v) is 8.08. The Morgan fingerprint density at radius 1 is 1.47 bits per heavy atom. The molecule has 0 radical (unpaired) electrons. The van der Waals surface area contributed by atoms with Gasteiger partial charge in [0.2, 0.25) is 10.0 Å². The number of primary sulfonamides is 1. The molecular formula is C11H17BrN2O4S. The maximum atomic E-state index is 11.9. The van der Waals surface area contributed by atoms with E-state index in [4.69, 9.17) is 9.56 Å². The summed E-state index contributed by atoms with van der Waals surface area (Å²) in [5.74, 6) is -0.117. The molecule has 1 heterocycles. The van der Waals surface area contributed by atoms with Gasteiger partial charge >= 0.3 is 0 Å². The highest BCUT2D eigenvalue weighted by Gasteiger charge is 2.22. The van der Waals surface area contributed by atoms with Crippen molar-refractivity contribution in [3.63, 3.8) is 0 Å². The molecular weight excluding hydrogens is 336 g/mol. The Morgan fingerprint density at radius 3 is 2.47 bits per heavy atom. The molecule has 1 unspecified atom stereocenters. The fourth-order valence-corrected chi connectivity index (χ4v) is 3.22. The molecule has 1 rings (SSSR count). The Kier molecular flexibility index (Phi) is 5.17. The number of nitrogens with one attached hydrogen (secondary N) is 1. The maximum absolute atomic E-state index is 11.9. The molecule has 6 nitrogen and oxygen atoms in total. The maximum Gasteiger partial charge on any atom is 0.287 e. The topological polar surface area (TPSA) is 102 Å². The quantitative estimate of drug-likeness (QED) is 0.843. The highest BCUT2D eigenvalue weighted by molar-refractivity contribution is 9.10. The van der Waals surface area contributed by atoms with Gasteiger partial charge in [-0.25, -0.2) is 13.6 Å². The number of nitrogens with two attached hydrogens (primary N) is 1. The van der Waals surface area contributed by atoms with Crippen molar-refractivity contribution in [2.75, 3.05) is 0 Å². The molecule has 0 fully saturated rings. The molecule has 0 bridgehead atoms. The van der Waals surface area contributed by atoms with Crippen LogP contribution in [0.15, 0.2) is 20.0 Å². The number of sulfonamides is 1. The largest absolute Gasteiger partial charge is 0.443 e. The van der Waals surface area contributed by atoms with Crippen molar-refractivity contribution in [3.8, 4) is 0 Å². The fourth-order valence-electron chi connectivity index (χ4n) is 1.72. The van der Waals surface area contributed by atoms with Crippen molar-refractivity contribution in [2.24, 2.45) is 11.1 Å². The molecule has 1 aromatic heterocycles. The van der Waals surface area contributed by atoms with Crippen LogP contribution in [0, 0.1) is 5.92 Å². The molecule has 1 aromatic rings. The zero-order chi connectivity index (χ0) is 14.8. The number of carbonyl (C=O) groups is 1. The summed E-state index contributed by atoms with van der Waals surface area (Å²) < 4.78 is 27.4. The summed E-state index contributed by atoms with van der Waals surface area (Å²) in [5.41, 5.74) is 0. The van der Waals surface area contributed by atoms with Crippen LogP contribution in [-0.4, -0.2) is 20.4 Å². The van der Waals surface area contributed by atoms with E-state index in [0.717, 1.165) is 12.5 Å². The number of rotatable bonds is 5. The summed E-state index contributed by atoms with van der Waals surface area (Å²) in [7, 11) is -3.91. The van der Waals surface area contributed by atoms with E-state index in [1.807, 2.05) is 20.8 Å². The molecule has 0 aliphatic rings. The smallest absolute Gasteiger partial charge is 0.287 e. The standard InChI is InChI=1S/C11H17BrN2O4S/c1-6(2)4-7(3)14-11(15)8-5-9(10(12)18-8)19(13,16)17/h5-7H,4H2,1-3H3,(H,14,15)(H2,13,16,17). The van der Waals surface area contributed by atoms with Crippen molar-refractivity contribution in [3.05, 3.63) is 16.5 Å². The van der Waals surface area contributed by atoms with E-state index in [9.17, 15) is 13.2 Å². The molecule has 8 heteroatoms. The molecule has 19 heavy (non-hydrogen) atoms. The van der Waals surface area contributed by atoms with Crippen LogP contribution in [0.2, 0.25) is 0 Å². The number of halogens is 1. The highest BCUT2D eigenvalue weighted by atomic mass is 79.9. The van der Waals surface area contributed by atoms with Crippen LogP contribution in [0.25, 0.3) is 0 Å². The first-order chi connectivity index (χ1) is 8.61. The molecule has 108 valence electrons. The third-order valence-corrected chi connectivity index (χ3v) is 4.16. The molecule has 3 N–H and O–H groups in total. The minimum Gasteiger partial charge on any atom is -0.443 e. The summed E-state index contributed by atoms with van der Waals surface area (Å²) >= 11 is 2.92. The number of carbonyl (C=O) groups excluding carboxylic acids is 1. The highest BCUT2D eigenvalue weighted by Crippen LogP contribution is 2.25. The van der Waals surface area contributed by atoms with Gasteiger partial charge in [-0.05, 0) is 35.2 Å². The second-order valence-electron chi connectivity index (χ2n) is 4.80. The minimum atomic E-state index is -3.91. The van der Waals surface area contributed by atoms with Crippen LogP contribution in [0.3, 0.4) is 0 Å². The van der Waals surface area contributed by atoms with Crippen LogP contribution < -0.4 is 10.5 Å². The van der Waals surface area contributed by atoms with E-state index in [0.29, 0.717) is 5.92 Å². The first-order valence-electron chi connectivity index (χ1n) is 5.74. The van der Waals surface area contributed by atoms with E-state index in [-0.39, 0.29) is 21.4 Å². The minimum absolute atomic E-state index is 0.0330. The Hall–Kier alpha value is -0.860. The molecule has 0 aromatic carbocycles. The average Bonchev–Trinajstić information content (AvgIpc) is 2.58. The number of amides is 1. The van der Waals surface area contributed by atoms with Gasteiger partial charge in [0.05, 0.1) is 0 Å². The predicted octanol–water partition coefficient (Wildman–Crippen LogP) is 1.85. The van der Waals surface area contributed by atoms with Gasteiger partial charge in [0.25, 0.3) is 5.91 Å². The lowest BCUT2D eigenvalue weighted by atomic mass is 10.1. The molecule has 0 spiro atoms. The van der Waals surface area contributed by atoms with E-state index < -0.39 is 15.9 Å². The molecule has 0 aliphatic carbocycles. The van der Waals surface area contributed by atoms with Gasteiger partial charge in [0.1, 0.15) is 4.90 Å². The second-order valence-corrected chi connectivity index (χ2v) is 7.05. The van der Waals surface area contributed by atoms with Crippen molar-refractivity contribution < 1.29 is 17.6 Å². The van der Waals surface area contributed by atoms with Gasteiger partial charge in [-0.1, -0.05) is 13.8 Å². The lowest BCUT2D eigenvalue weighted by Crippen LogP contribution is -2.33. The van der Waals surface area contributed by atoms with E-state index in [1.165, 1.54) is 0 Å². The first kappa shape index (κ1) is 16.2. The van der Waals surface area contributed by atoms with Gasteiger partial charge in [-0.3, -0.25) is 4.79 Å². The monoisotopic (exact) mass is 352 g/mol. The van der Waals surface area contributed by atoms with E-state index >= 15 is 0 Å². The average molecular weight is 353 g/mol. The van der Waals surface area contributed by atoms with E-state index in [2.05, 4.69) is 21.2 Å². The van der Waals surface area contributed by atoms with Gasteiger partial charge < -0.3 is 9.73 Å². The Balaban J connectivity index is 2.85. The summed E-state index contributed by atoms with van der Waals surface area (Å²) in [5, 5.41) is 7.72. The lowest BCUT2D eigenvalue weighted by Gasteiger charge is -2.14. The summed E-state index contributed by atoms with van der Waals surface area (Å²) in [6.45, 7) is 5.97. The number of hydrogen-bond acceptors (Lipinski definition) is 4. The predicted molar refractivity (Wildman–Crippen MR) is 74.2 cm³/mol. The van der Waals surface area contributed by atoms with Gasteiger partial charge in [0, 0.05) is 12.1 Å². The van der Waals surface area contributed by atoms with Gasteiger partial charge in [-0.2, -0.15) is 0 Å². The molecule has 1 amide bonds. The summed E-state index contributed by atoms with van der Waals surface area (Å²) in [6, 6.07) is 1.07. The van der Waals surface area contributed by atoms with Crippen molar-refractivity contribution in [1.29, 1.82) is 0 Å². The lowest BCUT2D eigenvalue weighted by molar-refractivity contribution is 0.0906. The Morgan fingerprint density at radius 2 is 2.05 bits per heavy atom. The zero-order valence-electron chi connectivity index (χ0n) is 10.9. The summed E-state index contributed by atoms with van der Waals surface area (Å²) in [6.07, 6.45) is 0.815.